The number of anilines is 6. The molecule has 0 radical (unpaired) electrons. The highest BCUT2D eigenvalue weighted by molar-refractivity contribution is 6.12. The van der Waals surface area contributed by atoms with E-state index >= 15 is 0 Å². The van der Waals surface area contributed by atoms with Crippen LogP contribution in [-0.2, 0) is 5.41 Å². The van der Waals surface area contributed by atoms with E-state index in [1.165, 1.54) is 27.6 Å². The minimum atomic E-state index is -0.310. The fourth-order valence-electron chi connectivity index (χ4n) is 10.7. The summed E-state index contributed by atoms with van der Waals surface area (Å²) in [5.74, 6) is 0. The van der Waals surface area contributed by atoms with E-state index in [0.29, 0.717) is 11.1 Å². The summed E-state index contributed by atoms with van der Waals surface area (Å²) in [6, 6.07) is 71.7. The van der Waals surface area contributed by atoms with Gasteiger partial charge < -0.3 is 18.6 Å². The molecule has 0 unspecified atom stereocenters. The fraction of sp³-hybridized carbons (Fsp3) is 0.0492. The number of furan rings is 2. The molecular formula is C61H38N4O2. The molecule has 0 N–H and O–H groups in total. The number of fused-ring (bicyclic) bond motifs is 12. The summed E-state index contributed by atoms with van der Waals surface area (Å²) < 4.78 is 13.2. The van der Waals surface area contributed by atoms with Crippen LogP contribution in [0.4, 0.5) is 34.1 Å². The molecule has 1 aliphatic carbocycles. The molecule has 2 heterocycles. The Labute approximate surface area is 386 Å². The third-order valence-corrected chi connectivity index (χ3v) is 13.8. The predicted molar refractivity (Wildman–Crippen MR) is 272 cm³/mol. The van der Waals surface area contributed by atoms with Crippen LogP contribution in [0.15, 0.2) is 203 Å². The summed E-state index contributed by atoms with van der Waals surface area (Å²) in [5.41, 5.74) is 15.0. The summed E-state index contributed by atoms with van der Waals surface area (Å²) in [4.78, 5) is 4.47. The zero-order chi connectivity index (χ0) is 45.0. The molecule has 12 aromatic rings. The molecule has 1 aliphatic rings. The zero-order valence-corrected chi connectivity index (χ0v) is 36.6. The lowest BCUT2D eigenvalue weighted by atomic mass is 9.79. The Balaban J connectivity index is 0.935. The van der Waals surface area contributed by atoms with Crippen molar-refractivity contribution in [2.24, 2.45) is 0 Å². The van der Waals surface area contributed by atoms with Crippen molar-refractivity contribution >= 4 is 99.5 Å². The van der Waals surface area contributed by atoms with Crippen LogP contribution < -0.4 is 9.80 Å². The highest BCUT2D eigenvalue weighted by Gasteiger charge is 2.37. The summed E-state index contributed by atoms with van der Waals surface area (Å²) in [7, 11) is 0. The maximum absolute atomic E-state index is 9.68. The summed E-state index contributed by atoms with van der Waals surface area (Å²) in [6.45, 7) is 4.69. The minimum absolute atomic E-state index is 0.310. The average molecular weight is 859 g/mol. The first-order valence-corrected chi connectivity index (χ1v) is 22.4. The van der Waals surface area contributed by atoms with Gasteiger partial charge >= 0.3 is 0 Å². The van der Waals surface area contributed by atoms with Gasteiger partial charge in [-0.15, -0.1) is 0 Å². The fourth-order valence-corrected chi connectivity index (χ4v) is 10.7. The van der Waals surface area contributed by atoms with Crippen LogP contribution >= 0.6 is 0 Å². The van der Waals surface area contributed by atoms with Crippen molar-refractivity contribution in [3.05, 3.63) is 216 Å². The molecule has 314 valence electrons. The number of rotatable bonds is 6. The number of hydrogen-bond donors (Lipinski definition) is 0. The van der Waals surface area contributed by atoms with Crippen molar-refractivity contribution in [1.29, 1.82) is 10.5 Å². The highest BCUT2D eigenvalue weighted by Crippen LogP contribution is 2.54. The maximum Gasteiger partial charge on any atom is 0.159 e. The van der Waals surface area contributed by atoms with Gasteiger partial charge in [-0.25, -0.2) is 0 Å². The lowest BCUT2D eigenvalue weighted by Gasteiger charge is -2.27. The minimum Gasteiger partial charge on any atom is -0.454 e. The van der Waals surface area contributed by atoms with Crippen molar-refractivity contribution in [2.45, 2.75) is 19.3 Å². The van der Waals surface area contributed by atoms with Gasteiger partial charge in [0, 0.05) is 49.7 Å². The lowest BCUT2D eigenvalue weighted by Crippen LogP contribution is -2.16. The van der Waals surface area contributed by atoms with Crippen molar-refractivity contribution < 1.29 is 8.83 Å². The smallest absolute Gasteiger partial charge is 0.159 e. The van der Waals surface area contributed by atoms with Gasteiger partial charge in [-0.3, -0.25) is 0 Å². The van der Waals surface area contributed by atoms with Gasteiger partial charge in [0.2, 0.25) is 0 Å². The average Bonchev–Trinajstić information content (AvgIpc) is 4.02. The van der Waals surface area contributed by atoms with Gasteiger partial charge in [-0.1, -0.05) is 98.8 Å². The third kappa shape index (κ3) is 5.80. The van der Waals surface area contributed by atoms with Crippen molar-refractivity contribution in [2.75, 3.05) is 9.80 Å². The van der Waals surface area contributed by atoms with Crippen molar-refractivity contribution in [1.82, 2.24) is 0 Å². The van der Waals surface area contributed by atoms with Crippen LogP contribution in [-0.4, -0.2) is 0 Å². The normalized spacial score (nSPS) is 12.7. The van der Waals surface area contributed by atoms with E-state index in [1.807, 2.05) is 84.9 Å². The Morgan fingerprint density at radius 1 is 0.403 bits per heavy atom. The molecule has 0 bridgehead atoms. The van der Waals surface area contributed by atoms with Crippen LogP contribution in [0.1, 0.15) is 36.1 Å². The largest absolute Gasteiger partial charge is 0.454 e. The molecule has 6 heteroatoms. The van der Waals surface area contributed by atoms with Crippen LogP contribution in [0, 0.1) is 22.7 Å². The molecule has 0 saturated carbocycles. The van der Waals surface area contributed by atoms with E-state index in [0.717, 1.165) is 94.2 Å². The predicted octanol–water partition coefficient (Wildman–Crippen LogP) is 16.8. The zero-order valence-electron chi connectivity index (χ0n) is 36.6. The topological polar surface area (TPSA) is 80.3 Å². The molecule has 10 aromatic carbocycles. The molecule has 0 amide bonds. The molecule has 0 saturated heterocycles. The molecule has 6 nitrogen and oxygen atoms in total. The molecule has 67 heavy (non-hydrogen) atoms. The maximum atomic E-state index is 9.68. The number of nitriles is 2. The summed E-state index contributed by atoms with van der Waals surface area (Å²) in [5, 5.41) is 28.2. The molecule has 0 atom stereocenters. The number of nitrogens with zero attached hydrogens (tertiary/aromatic N) is 4. The molecule has 2 aromatic heterocycles. The molecule has 0 fully saturated rings. The first-order valence-electron chi connectivity index (χ1n) is 22.4. The van der Waals surface area contributed by atoms with Gasteiger partial charge in [0.1, 0.15) is 11.2 Å². The van der Waals surface area contributed by atoms with Crippen LogP contribution in [0.2, 0.25) is 0 Å². The third-order valence-electron chi connectivity index (χ3n) is 13.8. The standard InChI is InChI=1S/C61H38N4O2/c1-61(2)53-34-41-32-44(64(42-23-17-37(35-62)18-24-42)54-13-7-11-50-47-9-3-5-15-56(47)66-59(50)54)27-21-39(41)33-52(53)49-29-22-40-31-45(28-30-46(40)58(49)61)65(43-25-19-38(36-63)20-26-43)55-14-8-12-51-48-10-4-6-16-57(48)67-60(51)55/h3-34H,1-2H3. The van der Waals surface area contributed by atoms with Crippen LogP contribution in [0.3, 0.4) is 0 Å². The second-order valence-corrected chi connectivity index (χ2v) is 17.9. The van der Waals surface area contributed by atoms with Gasteiger partial charge in [0.05, 0.1) is 34.6 Å². The Hall–Kier alpha value is -9.10. The summed E-state index contributed by atoms with van der Waals surface area (Å²) in [6.07, 6.45) is 0. The highest BCUT2D eigenvalue weighted by atomic mass is 16.3. The van der Waals surface area contributed by atoms with Gasteiger partial charge in [0.15, 0.2) is 11.2 Å². The van der Waals surface area contributed by atoms with Gasteiger partial charge in [-0.2, -0.15) is 10.5 Å². The molecule has 0 spiro atoms. The quantitative estimate of drug-likeness (QED) is 0.166. The van der Waals surface area contributed by atoms with Crippen LogP contribution in [0.5, 0.6) is 0 Å². The Bertz CT molecular complexity index is 4110. The SMILES string of the molecule is CC1(C)c2cc3cc(N(c4ccc(C#N)cc4)c4cccc5c4oc4ccccc45)ccc3cc2-c2ccc3cc(N(c4ccc(C#N)cc4)c4cccc5c4oc4ccccc45)ccc3c21. The first-order chi connectivity index (χ1) is 32.9. The summed E-state index contributed by atoms with van der Waals surface area (Å²) >= 11 is 0. The molecular weight excluding hydrogens is 821 g/mol. The molecule has 13 rings (SSSR count). The van der Waals surface area contributed by atoms with Crippen molar-refractivity contribution in [3.8, 4) is 23.3 Å². The van der Waals surface area contributed by atoms with E-state index in [1.54, 1.807) is 0 Å². The van der Waals surface area contributed by atoms with Gasteiger partial charge in [-0.05, 0) is 153 Å². The Kier molecular flexibility index (Phi) is 8.28. The van der Waals surface area contributed by atoms with Crippen molar-refractivity contribution in [3.63, 3.8) is 0 Å². The van der Waals surface area contributed by atoms with E-state index < -0.39 is 0 Å². The second kappa shape index (κ2) is 14.5. The van der Waals surface area contributed by atoms with Gasteiger partial charge in [0.25, 0.3) is 0 Å². The van der Waals surface area contributed by atoms with E-state index in [-0.39, 0.29) is 5.41 Å². The van der Waals surface area contributed by atoms with E-state index in [9.17, 15) is 10.5 Å². The first kappa shape index (κ1) is 38.4. The lowest BCUT2D eigenvalue weighted by molar-refractivity contribution is 0.667. The van der Waals surface area contributed by atoms with Crippen LogP contribution in [0.25, 0.3) is 76.5 Å². The van der Waals surface area contributed by atoms with E-state index in [2.05, 4.69) is 145 Å². The number of hydrogen-bond acceptors (Lipinski definition) is 6. The number of para-hydroxylation sites is 4. The Morgan fingerprint density at radius 2 is 0.896 bits per heavy atom. The molecule has 0 aliphatic heterocycles. The monoisotopic (exact) mass is 858 g/mol. The van der Waals surface area contributed by atoms with E-state index in [4.69, 9.17) is 8.83 Å². The Morgan fingerprint density at radius 3 is 1.46 bits per heavy atom. The second-order valence-electron chi connectivity index (χ2n) is 17.9. The number of benzene rings is 10.